The maximum Gasteiger partial charge on any atom is 0.249 e. The van der Waals surface area contributed by atoms with Crippen LogP contribution < -0.4 is 5.32 Å². The lowest BCUT2D eigenvalue weighted by atomic mass is 10.0. The first kappa shape index (κ1) is 23.4. The van der Waals surface area contributed by atoms with Gasteiger partial charge in [-0.2, -0.15) is 0 Å². The van der Waals surface area contributed by atoms with Gasteiger partial charge in [0.05, 0.1) is 0 Å². The molecule has 0 aromatic rings. The number of nitrogens with one attached hydrogen (secondary N) is 1. The van der Waals surface area contributed by atoms with E-state index in [9.17, 15) is 19.2 Å². The van der Waals surface area contributed by atoms with Gasteiger partial charge in [-0.05, 0) is 37.5 Å². The zero-order chi connectivity index (χ0) is 21.6. The lowest BCUT2D eigenvalue weighted by molar-refractivity contribution is -0.144. The summed E-state index contributed by atoms with van der Waals surface area (Å²) in [6, 6.07) is -1.26. The van der Waals surface area contributed by atoms with Gasteiger partial charge in [0.25, 0.3) is 0 Å². The van der Waals surface area contributed by atoms with Gasteiger partial charge >= 0.3 is 0 Å². The number of likely N-dealkylation sites (tertiary alicyclic amines) is 2. The molecule has 2 aliphatic heterocycles. The minimum absolute atomic E-state index is 0.0120. The fourth-order valence-corrected chi connectivity index (χ4v) is 4.81. The van der Waals surface area contributed by atoms with E-state index >= 15 is 0 Å². The van der Waals surface area contributed by atoms with Crippen molar-refractivity contribution in [3.8, 4) is 0 Å². The molecular weight excluding hydrogens is 370 g/mol. The van der Waals surface area contributed by atoms with E-state index in [1.54, 1.807) is 9.80 Å². The van der Waals surface area contributed by atoms with E-state index in [0.717, 1.165) is 25.7 Å². The molecule has 0 spiro atoms. The Morgan fingerprint density at radius 1 is 0.828 bits per heavy atom. The summed E-state index contributed by atoms with van der Waals surface area (Å²) in [5.74, 6) is -0.321. The first-order chi connectivity index (χ1) is 13.9. The van der Waals surface area contributed by atoms with Crippen molar-refractivity contribution in [3.63, 3.8) is 0 Å². The molecule has 0 aromatic carbocycles. The van der Waals surface area contributed by atoms with Crippen LogP contribution >= 0.6 is 0 Å². The Morgan fingerprint density at radius 2 is 1.21 bits per heavy atom. The Hall–Kier alpha value is -1.92. The first-order valence-corrected chi connectivity index (χ1v) is 11.3. The lowest BCUT2D eigenvalue weighted by Crippen LogP contribution is -2.54. The third-order valence-corrected chi connectivity index (χ3v) is 6.25. The molecule has 2 heterocycles. The third kappa shape index (κ3) is 5.58. The highest BCUT2D eigenvalue weighted by Crippen LogP contribution is 2.26. The smallest absolute Gasteiger partial charge is 0.249 e. The van der Waals surface area contributed by atoms with Gasteiger partial charge < -0.3 is 9.80 Å². The summed E-state index contributed by atoms with van der Waals surface area (Å²) in [6.45, 7) is 9.04. The molecular formula is C22H37N3O4. The summed E-state index contributed by atoms with van der Waals surface area (Å²) < 4.78 is 0. The molecule has 4 atom stereocenters. The van der Waals surface area contributed by atoms with Crippen molar-refractivity contribution in [2.24, 2.45) is 11.8 Å². The number of carbonyl (C=O) groups is 4. The van der Waals surface area contributed by atoms with E-state index in [2.05, 4.69) is 19.2 Å². The summed E-state index contributed by atoms with van der Waals surface area (Å²) in [4.78, 5) is 53.7. The first-order valence-electron chi connectivity index (χ1n) is 11.3. The van der Waals surface area contributed by atoms with Crippen LogP contribution in [0.3, 0.4) is 0 Å². The predicted molar refractivity (Wildman–Crippen MR) is 111 cm³/mol. The van der Waals surface area contributed by atoms with Gasteiger partial charge in [0.1, 0.15) is 12.1 Å². The fourth-order valence-electron chi connectivity index (χ4n) is 4.81. The molecule has 0 saturated carbocycles. The molecule has 4 amide bonds. The second-order valence-corrected chi connectivity index (χ2v) is 8.51. The van der Waals surface area contributed by atoms with Crippen molar-refractivity contribution in [2.75, 3.05) is 13.1 Å². The van der Waals surface area contributed by atoms with Crippen LogP contribution in [-0.2, 0) is 19.2 Å². The van der Waals surface area contributed by atoms with Crippen LogP contribution in [0.25, 0.3) is 0 Å². The van der Waals surface area contributed by atoms with Gasteiger partial charge in [-0.3, -0.25) is 24.5 Å². The molecule has 2 aliphatic rings. The number of hydrogen-bond acceptors (Lipinski definition) is 4. The number of amides is 4. The number of carbonyl (C=O) groups excluding carboxylic acids is 4. The molecule has 7 heteroatoms. The SMILES string of the molecule is CCC[C@@H]1CC(=O)N([C@H](CC)C(=O)NC(=O)[C@@H](CC)N2C[C@H](CCC)CC2=O)C1. The maximum absolute atomic E-state index is 12.8. The highest BCUT2D eigenvalue weighted by Gasteiger charge is 2.39. The second-order valence-electron chi connectivity index (χ2n) is 8.51. The molecule has 0 radical (unpaired) electrons. The number of hydrogen-bond donors (Lipinski definition) is 1. The fraction of sp³-hybridized carbons (Fsp3) is 0.818. The minimum atomic E-state index is -0.632. The predicted octanol–water partition coefficient (Wildman–Crippen LogP) is 2.48. The van der Waals surface area contributed by atoms with Gasteiger partial charge in [-0.15, -0.1) is 0 Å². The molecule has 0 unspecified atom stereocenters. The van der Waals surface area contributed by atoms with Crippen LogP contribution in [0.4, 0.5) is 0 Å². The van der Waals surface area contributed by atoms with Gasteiger partial charge in [-0.1, -0.05) is 40.5 Å². The van der Waals surface area contributed by atoms with Crippen LogP contribution in [0.15, 0.2) is 0 Å². The van der Waals surface area contributed by atoms with E-state index in [4.69, 9.17) is 0 Å². The Labute approximate surface area is 174 Å². The molecule has 0 aromatic heterocycles. The molecule has 2 fully saturated rings. The molecule has 2 rings (SSSR count). The highest BCUT2D eigenvalue weighted by atomic mass is 16.2. The minimum Gasteiger partial charge on any atom is -0.330 e. The highest BCUT2D eigenvalue weighted by molar-refractivity contribution is 6.02. The van der Waals surface area contributed by atoms with Crippen LogP contribution in [0.2, 0.25) is 0 Å². The Kier molecular flexibility index (Phi) is 8.65. The lowest BCUT2D eigenvalue weighted by Gasteiger charge is -2.29. The van der Waals surface area contributed by atoms with Crippen molar-refractivity contribution in [1.82, 2.24) is 15.1 Å². The van der Waals surface area contributed by atoms with E-state index in [-0.39, 0.29) is 23.7 Å². The third-order valence-electron chi connectivity index (χ3n) is 6.25. The number of rotatable bonds is 10. The van der Waals surface area contributed by atoms with Crippen LogP contribution in [0.1, 0.15) is 79.1 Å². The van der Waals surface area contributed by atoms with Gasteiger partial charge in [0, 0.05) is 25.9 Å². The molecule has 164 valence electrons. The average Bonchev–Trinajstić information content (AvgIpc) is 3.20. The molecule has 7 nitrogen and oxygen atoms in total. The second kappa shape index (κ2) is 10.7. The summed E-state index contributed by atoms with van der Waals surface area (Å²) in [5, 5.41) is 2.50. The zero-order valence-corrected chi connectivity index (χ0v) is 18.4. The number of nitrogens with zero attached hydrogens (tertiary/aromatic N) is 2. The topological polar surface area (TPSA) is 86.8 Å². The van der Waals surface area contributed by atoms with Crippen molar-refractivity contribution < 1.29 is 19.2 Å². The maximum atomic E-state index is 12.8. The normalized spacial score (nSPS) is 24.1. The van der Waals surface area contributed by atoms with Crippen LogP contribution in [0.5, 0.6) is 0 Å². The molecule has 1 N–H and O–H groups in total. The van der Waals surface area contributed by atoms with Crippen molar-refractivity contribution >= 4 is 23.6 Å². The van der Waals surface area contributed by atoms with Gasteiger partial charge in [-0.25, -0.2) is 0 Å². The average molecular weight is 408 g/mol. The number of imide groups is 1. The van der Waals surface area contributed by atoms with Crippen molar-refractivity contribution in [1.29, 1.82) is 0 Å². The van der Waals surface area contributed by atoms with Gasteiger partial charge in [0.15, 0.2) is 0 Å². The summed E-state index contributed by atoms with van der Waals surface area (Å²) in [6.07, 6.45) is 5.82. The van der Waals surface area contributed by atoms with Crippen molar-refractivity contribution in [2.45, 2.75) is 91.1 Å². The Bertz CT molecular complexity index is 569. The Morgan fingerprint density at radius 3 is 1.52 bits per heavy atom. The molecule has 0 bridgehead atoms. The molecule has 29 heavy (non-hydrogen) atoms. The monoisotopic (exact) mass is 407 g/mol. The Balaban J connectivity index is 2.01. The van der Waals surface area contributed by atoms with Crippen LogP contribution in [0, 0.1) is 11.8 Å². The largest absolute Gasteiger partial charge is 0.330 e. The molecule has 2 saturated heterocycles. The van der Waals surface area contributed by atoms with E-state index in [1.807, 2.05) is 13.8 Å². The van der Waals surface area contributed by atoms with Crippen molar-refractivity contribution in [3.05, 3.63) is 0 Å². The summed E-state index contributed by atoms with van der Waals surface area (Å²) in [7, 11) is 0. The summed E-state index contributed by atoms with van der Waals surface area (Å²) in [5.41, 5.74) is 0. The quantitative estimate of drug-likeness (QED) is 0.603. The standard InChI is InChI=1S/C22H37N3O4/c1-5-9-15-11-19(26)24(13-15)17(7-3)21(28)23-22(29)18(8-4)25-14-16(10-6-2)12-20(25)27/h15-18H,5-14H2,1-4H3,(H,23,28,29)/t15-,16-,17-,18-/m1/s1. The van der Waals surface area contributed by atoms with E-state index in [0.29, 0.717) is 38.8 Å². The molecule has 0 aliphatic carbocycles. The van der Waals surface area contributed by atoms with Crippen LogP contribution in [-0.4, -0.2) is 58.6 Å². The zero-order valence-electron chi connectivity index (χ0n) is 18.4. The van der Waals surface area contributed by atoms with E-state index in [1.165, 1.54) is 0 Å². The summed E-state index contributed by atoms with van der Waals surface area (Å²) >= 11 is 0. The van der Waals surface area contributed by atoms with Gasteiger partial charge in [0.2, 0.25) is 23.6 Å². The van der Waals surface area contributed by atoms with E-state index < -0.39 is 23.9 Å².